The quantitative estimate of drug-likeness (QED) is 0.158. The number of benzene rings is 2. The number of aliphatic hydroxyl groups is 4. The average Bonchev–Trinajstić information content (AvgIpc) is 2.80. The minimum absolute atomic E-state index is 0.120. The number of anilines is 2. The summed E-state index contributed by atoms with van der Waals surface area (Å²) in [4.78, 5) is 20.3. The molecule has 0 aliphatic carbocycles. The molecule has 32 heavy (non-hydrogen) atoms. The molecular formula is C18H20N6O8. The van der Waals surface area contributed by atoms with Gasteiger partial charge in [0.15, 0.2) is 0 Å². The topological polar surface area (TPSA) is 216 Å². The van der Waals surface area contributed by atoms with E-state index in [-0.39, 0.29) is 17.1 Å². The Bertz CT molecular complexity index is 980. The van der Waals surface area contributed by atoms with Crippen LogP contribution in [0.1, 0.15) is 0 Å². The fraction of sp³-hybridized carbons (Fsp3) is 0.222. The number of rotatable bonds is 11. The molecule has 0 heterocycles. The highest BCUT2D eigenvalue weighted by Crippen LogP contribution is 2.16. The predicted molar refractivity (Wildman–Crippen MR) is 114 cm³/mol. The Balaban J connectivity index is 2.18. The third kappa shape index (κ3) is 6.78. The molecule has 170 valence electrons. The van der Waals surface area contributed by atoms with Gasteiger partial charge in [0.05, 0.1) is 34.0 Å². The van der Waals surface area contributed by atoms with Gasteiger partial charge in [0.1, 0.15) is 24.0 Å². The maximum absolute atomic E-state index is 10.7. The molecule has 0 saturated heterocycles. The van der Waals surface area contributed by atoms with Crippen molar-refractivity contribution in [2.24, 2.45) is 10.2 Å². The van der Waals surface area contributed by atoms with E-state index in [4.69, 9.17) is 5.11 Å². The second-order valence-corrected chi connectivity index (χ2v) is 6.31. The van der Waals surface area contributed by atoms with Crippen LogP contribution in [0.4, 0.5) is 22.7 Å². The lowest BCUT2D eigenvalue weighted by molar-refractivity contribution is -0.385. The van der Waals surface area contributed by atoms with E-state index < -0.39 is 34.8 Å². The second-order valence-electron chi connectivity index (χ2n) is 6.31. The molecule has 2 rings (SSSR count). The SMILES string of the molecule is O=[N+]([O-])c1ccc(N/N=C/C(=N\Nc2ccc([N+](=O)[O-])cc2)C(O)C(O)C(O)CO)cc1. The predicted octanol–water partition coefficient (Wildman–Crippen LogP) is 0.444. The zero-order valence-corrected chi connectivity index (χ0v) is 16.3. The molecule has 3 atom stereocenters. The Hall–Kier alpha value is -3.98. The lowest BCUT2D eigenvalue weighted by atomic mass is 10.0. The normalized spacial score (nSPS) is 14.6. The van der Waals surface area contributed by atoms with Gasteiger partial charge in [-0.1, -0.05) is 0 Å². The van der Waals surface area contributed by atoms with E-state index in [1.165, 1.54) is 48.5 Å². The summed E-state index contributed by atoms with van der Waals surface area (Å²) in [5, 5.41) is 67.9. The van der Waals surface area contributed by atoms with Gasteiger partial charge in [-0.3, -0.25) is 31.1 Å². The summed E-state index contributed by atoms with van der Waals surface area (Å²) in [7, 11) is 0. The number of nitrogens with one attached hydrogen (secondary N) is 2. The Morgan fingerprint density at radius 3 is 1.81 bits per heavy atom. The Morgan fingerprint density at radius 1 is 0.906 bits per heavy atom. The van der Waals surface area contributed by atoms with Crippen molar-refractivity contribution in [3.05, 3.63) is 68.8 Å². The number of nitrogens with zero attached hydrogens (tertiary/aromatic N) is 4. The van der Waals surface area contributed by atoms with Crippen molar-refractivity contribution < 1.29 is 30.3 Å². The number of aliphatic hydroxyl groups excluding tert-OH is 4. The Kier molecular flexibility index (Phi) is 8.67. The molecule has 6 N–H and O–H groups in total. The Labute approximate surface area is 180 Å². The van der Waals surface area contributed by atoms with Crippen molar-refractivity contribution in [1.29, 1.82) is 0 Å². The summed E-state index contributed by atoms with van der Waals surface area (Å²) < 4.78 is 0. The van der Waals surface area contributed by atoms with Gasteiger partial charge in [0.2, 0.25) is 0 Å². The minimum atomic E-state index is -1.80. The first kappa shape index (κ1) is 24.3. The number of nitro groups is 2. The smallest absolute Gasteiger partial charge is 0.269 e. The molecule has 0 bridgehead atoms. The van der Waals surface area contributed by atoms with Crippen LogP contribution in [0, 0.1) is 20.2 Å². The molecule has 0 radical (unpaired) electrons. The first-order valence-corrected chi connectivity index (χ1v) is 8.99. The zero-order valence-electron chi connectivity index (χ0n) is 16.3. The third-order valence-electron chi connectivity index (χ3n) is 4.07. The highest BCUT2D eigenvalue weighted by Gasteiger charge is 2.28. The van der Waals surface area contributed by atoms with Gasteiger partial charge in [-0.05, 0) is 24.3 Å². The summed E-state index contributed by atoms with van der Waals surface area (Å²) in [6.07, 6.45) is -4.23. The summed E-state index contributed by atoms with van der Waals surface area (Å²) in [6.45, 7) is -0.820. The van der Waals surface area contributed by atoms with Crippen molar-refractivity contribution in [2.45, 2.75) is 18.3 Å². The maximum Gasteiger partial charge on any atom is 0.269 e. The van der Waals surface area contributed by atoms with Crippen LogP contribution >= 0.6 is 0 Å². The first-order chi connectivity index (χ1) is 15.2. The Morgan fingerprint density at radius 2 is 1.38 bits per heavy atom. The molecule has 0 amide bonds. The summed E-state index contributed by atoms with van der Waals surface area (Å²) in [6, 6.07) is 10.4. The van der Waals surface area contributed by atoms with Crippen molar-refractivity contribution in [3.8, 4) is 0 Å². The summed E-state index contributed by atoms with van der Waals surface area (Å²) in [5.41, 5.74) is 5.24. The van der Waals surface area contributed by atoms with Crippen LogP contribution < -0.4 is 10.9 Å². The molecule has 0 aromatic heterocycles. The largest absolute Gasteiger partial charge is 0.394 e. The molecule has 0 fully saturated rings. The standard InChI is InChI=1S/C18H20N6O8/c25-10-16(26)18(28)17(27)15(22-21-12-3-7-14(8-4-12)24(31)32)9-19-20-11-1-5-13(6-2-11)23(29)30/h1-9,16-18,20-21,25-28H,10H2/b19-9+,22-15+. The molecule has 2 aromatic rings. The van der Waals surface area contributed by atoms with Crippen molar-refractivity contribution in [1.82, 2.24) is 0 Å². The van der Waals surface area contributed by atoms with Crippen LogP contribution in [-0.4, -0.2) is 67.1 Å². The van der Waals surface area contributed by atoms with Crippen LogP contribution in [0.5, 0.6) is 0 Å². The van der Waals surface area contributed by atoms with Gasteiger partial charge in [-0.15, -0.1) is 0 Å². The highest BCUT2D eigenvalue weighted by atomic mass is 16.6. The molecule has 14 nitrogen and oxygen atoms in total. The first-order valence-electron chi connectivity index (χ1n) is 8.99. The number of hydrogen-bond donors (Lipinski definition) is 6. The van der Waals surface area contributed by atoms with Crippen LogP contribution in [0.25, 0.3) is 0 Å². The number of nitro benzene ring substituents is 2. The van der Waals surface area contributed by atoms with Gasteiger partial charge in [-0.2, -0.15) is 10.2 Å². The monoisotopic (exact) mass is 448 g/mol. The van der Waals surface area contributed by atoms with Gasteiger partial charge in [0.25, 0.3) is 11.4 Å². The van der Waals surface area contributed by atoms with E-state index in [2.05, 4.69) is 21.1 Å². The second kappa shape index (κ2) is 11.4. The van der Waals surface area contributed by atoms with Gasteiger partial charge in [-0.25, -0.2) is 0 Å². The molecule has 0 saturated carbocycles. The van der Waals surface area contributed by atoms with Crippen LogP contribution in [0.3, 0.4) is 0 Å². The van der Waals surface area contributed by atoms with E-state index in [9.17, 15) is 35.5 Å². The van der Waals surface area contributed by atoms with E-state index >= 15 is 0 Å². The highest BCUT2D eigenvalue weighted by molar-refractivity contribution is 6.33. The lowest BCUT2D eigenvalue weighted by Gasteiger charge is -2.21. The minimum Gasteiger partial charge on any atom is -0.394 e. The molecule has 0 aliphatic rings. The van der Waals surface area contributed by atoms with Gasteiger partial charge < -0.3 is 20.4 Å². The summed E-state index contributed by atoms with van der Waals surface area (Å²) >= 11 is 0. The van der Waals surface area contributed by atoms with E-state index in [1.54, 1.807) is 0 Å². The molecular weight excluding hydrogens is 428 g/mol. The fourth-order valence-electron chi connectivity index (χ4n) is 2.28. The summed E-state index contributed by atoms with van der Waals surface area (Å²) in [5.74, 6) is 0. The van der Waals surface area contributed by atoms with Crippen LogP contribution in [0.15, 0.2) is 58.7 Å². The number of non-ortho nitro benzene ring substituents is 2. The van der Waals surface area contributed by atoms with Crippen LogP contribution in [-0.2, 0) is 0 Å². The molecule has 14 heteroatoms. The fourth-order valence-corrected chi connectivity index (χ4v) is 2.28. The van der Waals surface area contributed by atoms with Crippen molar-refractivity contribution >= 4 is 34.7 Å². The molecule has 2 aromatic carbocycles. The average molecular weight is 448 g/mol. The van der Waals surface area contributed by atoms with Crippen molar-refractivity contribution in [2.75, 3.05) is 17.5 Å². The number of hydrogen-bond acceptors (Lipinski definition) is 12. The van der Waals surface area contributed by atoms with Gasteiger partial charge >= 0.3 is 0 Å². The van der Waals surface area contributed by atoms with E-state index in [1.807, 2.05) is 0 Å². The third-order valence-corrected chi connectivity index (χ3v) is 4.07. The zero-order chi connectivity index (χ0) is 23.7. The van der Waals surface area contributed by atoms with Gasteiger partial charge in [0, 0.05) is 24.3 Å². The van der Waals surface area contributed by atoms with E-state index in [0.717, 1.165) is 6.21 Å². The van der Waals surface area contributed by atoms with E-state index in [0.29, 0.717) is 11.4 Å². The van der Waals surface area contributed by atoms with Crippen LogP contribution in [0.2, 0.25) is 0 Å². The number of hydrazone groups is 2. The maximum atomic E-state index is 10.7. The van der Waals surface area contributed by atoms with Crippen molar-refractivity contribution in [3.63, 3.8) is 0 Å². The molecule has 0 spiro atoms. The lowest BCUT2D eigenvalue weighted by Crippen LogP contribution is -2.44. The molecule has 3 unspecified atom stereocenters. The molecule has 0 aliphatic heterocycles.